The fourth-order valence-electron chi connectivity index (χ4n) is 4.94. The van der Waals surface area contributed by atoms with Gasteiger partial charge in [0, 0.05) is 26.3 Å². The maximum atomic E-state index is 14.4. The first kappa shape index (κ1) is 27.1. The first-order valence-corrected chi connectivity index (χ1v) is 12.2. The van der Waals surface area contributed by atoms with Crippen molar-refractivity contribution in [1.82, 2.24) is 15.3 Å². The summed E-state index contributed by atoms with van der Waals surface area (Å²) in [5, 5.41) is 9.57. The van der Waals surface area contributed by atoms with Crippen molar-refractivity contribution < 1.29 is 14.4 Å². The third-order valence-electron chi connectivity index (χ3n) is 7.31. The van der Waals surface area contributed by atoms with Crippen molar-refractivity contribution in [2.45, 2.75) is 65.7 Å². The number of amides is 1. The fraction of sp³-hybridized carbons (Fsp3) is 0.593. The van der Waals surface area contributed by atoms with Crippen LogP contribution >= 0.6 is 0 Å². The quantitative estimate of drug-likeness (QED) is 0.272. The van der Waals surface area contributed by atoms with E-state index < -0.39 is 11.3 Å². The first-order valence-electron chi connectivity index (χ1n) is 12.2. The summed E-state index contributed by atoms with van der Waals surface area (Å²) in [6, 6.07) is 4.89. The monoisotopic (exact) mass is 459 g/mol. The predicted molar refractivity (Wildman–Crippen MR) is 133 cm³/mol. The molecule has 1 fully saturated rings. The van der Waals surface area contributed by atoms with Gasteiger partial charge < -0.3 is 9.80 Å². The van der Waals surface area contributed by atoms with Crippen LogP contribution in [0.5, 0.6) is 0 Å². The Kier molecular flexibility index (Phi) is 10.1. The van der Waals surface area contributed by atoms with Crippen molar-refractivity contribution >= 4 is 5.91 Å². The van der Waals surface area contributed by atoms with E-state index >= 15 is 0 Å². The molecule has 1 aromatic carbocycles. The summed E-state index contributed by atoms with van der Waals surface area (Å²) >= 11 is 0. The Morgan fingerprint density at radius 2 is 1.97 bits per heavy atom. The van der Waals surface area contributed by atoms with Gasteiger partial charge >= 0.3 is 0 Å². The van der Waals surface area contributed by atoms with Gasteiger partial charge in [0.1, 0.15) is 5.82 Å². The second-order valence-electron chi connectivity index (χ2n) is 9.36. The van der Waals surface area contributed by atoms with Gasteiger partial charge in [0.2, 0.25) is 0 Å². The van der Waals surface area contributed by atoms with Crippen LogP contribution in [0.3, 0.4) is 0 Å². The van der Waals surface area contributed by atoms with Crippen molar-refractivity contribution in [2.24, 2.45) is 5.92 Å². The summed E-state index contributed by atoms with van der Waals surface area (Å²) in [6.07, 6.45) is 7.30. The van der Waals surface area contributed by atoms with Crippen molar-refractivity contribution in [3.8, 4) is 0 Å². The topological polar surface area (TPSA) is 55.8 Å². The van der Waals surface area contributed by atoms with E-state index in [-0.39, 0.29) is 11.7 Å². The number of halogens is 1. The molecule has 0 saturated heterocycles. The van der Waals surface area contributed by atoms with Gasteiger partial charge in [-0.1, -0.05) is 44.6 Å². The molecule has 0 spiro atoms. The van der Waals surface area contributed by atoms with Gasteiger partial charge in [-0.05, 0) is 81.3 Å². The number of allylic oxidation sites excluding steroid dienone is 3. The number of nitrogens with zero attached hydrogens (tertiary/aromatic N) is 2. The number of carbonyl (C=O) groups excluding carboxylic acids is 1. The van der Waals surface area contributed by atoms with Crippen LogP contribution < -0.4 is 5.48 Å². The lowest BCUT2D eigenvalue weighted by Gasteiger charge is -2.30. The van der Waals surface area contributed by atoms with Gasteiger partial charge in [-0.3, -0.25) is 10.0 Å². The second-order valence-corrected chi connectivity index (χ2v) is 9.36. The Labute approximate surface area is 199 Å². The average molecular weight is 460 g/mol. The molecule has 0 bridgehead atoms. The minimum absolute atomic E-state index is 0.141. The number of nitrogens with one attached hydrogen (secondary N) is 1. The Balaban J connectivity index is 2.39. The molecule has 6 heteroatoms. The van der Waals surface area contributed by atoms with Crippen LogP contribution in [0.25, 0.3) is 0 Å². The molecule has 1 saturated carbocycles. The molecular weight excluding hydrogens is 417 g/mol. The number of carbonyl (C=O) groups is 1. The van der Waals surface area contributed by atoms with Crippen LogP contribution in [-0.4, -0.2) is 54.1 Å². The zero-order valence-electron chi connectivity index (χ0n) is 21.2. The highest BCUT2D eigenvalue weighted by Gasteiger charge is 2.48. The summed E-state index contributed by atoms with van der Waals surface area (Å²) in [7, 11) is 2.10. The first-order chi connectivity index (χ1) is 15.7. The molecule has 0 radical (unpaired) electrons. The van der Waals surface area contributed by atoms with E-state index in [4.69, 9.17) is 0 Å². The normalized spacial score (nSPS) is 21.5. The fourth-order valence-corrected chi connectivity index (χ4v) is 4.94. The van der Waals surface area contributed by atoms with E-state index in [9.17, 15) is 14.4 Å². The largest absolute Gasteiger partial charge is 0.379 e. The Morgan fingerprint density at radius 3 is 2.58 bits per heavy atom. The molecule has 1 aliphatic carbocycles. The molecular formula is C27H42FN3O2. The predicted octanol–water partition coefficient (Wildman–Crippen LogP) is 5.19. The Bertz CT molecular complexity index is 863. The lowest BCUT2D eigenvalue weighted by molar-refractivity contribution is -0.135. The molecule has 184 valence electrons. The minimum Gasteiger partial charge on any atom is -0.379 e. The van der Waals surface area contributed by atoms with Gasteiger partial charge in [0.05, 0.1) is 5.41 Å². The van der Waals surface area contributed by atoms with Crippen LogP contribution in [0.4, 0.5) is 4.39 Å². The molecule has 0 aromatic heterocycles. The van der Waals surface area contributed by atoms with Crippen LogP contribution in [-0.2, 0) is 10.2 Å². The zero-order chi connectivity index (χ0) is 24.6. The highest BCUT2D eigenvalue weighted by molar-refractivity contribution is 5.88. The number of hydroxylamine groups is 1. The number of rotatable bonds is 11. The molecule has 2 N–H and O–H groups in total. The SMILES string of the molecule is CCC(C)=CC(=CN(C)CCN(CC)CC)C1CCC(C(=O)NO)(c2cccc(F)c2C)C1. The zero-order valence-corrected chi connectivity index (χ0v) is 21.2. The molecule has 5 nitrogen and oxygen atoms in total. The summed E-state index contributed by atoms with van der Waals surface area (Å²) in [6.45, 7) is 14.3. The third kappa shape index (κ3) is 6.45. The van der Waals surface area contributed by atoms with Crippen LogP contribution in [0.1, 0.15) is 64.5 Å². The third-order valence-corrected chi connectivity index (χ3v) is 7.31. The summed E-state index contributed by atoms with van der Waals surface area (Å²) < 4.78 is 14.4. The second kappa shape index (κ2) is 12.3. The van der Waals surface area contributed by atoms with Gasteiger partial charge in [-0.25, -0.2) is 9.87 Å². The van der Waals surface area contributed by atoms with Crippen LogP contribution in [0.15, 0.2) is 41.6 Å². The van der Waals surface area contributed by atoms with E-state index in [0.29, 0.717) is 24.0 Å². The number of hydrogen-bond acceptors (Lipinski definition) is 4. The summed E-state index contributed by atoms with van der Waals surface area (Å²) in [4.78, 5) is 17.6. The molecule has 0 aliphatic heterocycles. The highest BCUT2D eigenvalue weighted by atomic mass is 19.1. The van der Waals surface area contributed by atoms with Crippen LogP contribution in [0, 0.1) is 18.7 Å². The maximum absolute atomic E-state index is 14.4. The number of hydrogen-bond donors (Lipinski definition) is 2. The highest BCUT2D eigenvalue weighted by Crippen LogP contribution is 2.48. The van der Waals surface area contributed by atoms with E-state index in [0.717, 1.165) is 39.0 Å². The molecule has 2 atom stereocenters. The number of likely N-dealkylation sites (N-methyl/N-ethyl adjacent to an activating group) is 2. The van der Waals surface area contributed by atoms with Gasteiger partial charge in [0.25, 0.3) is 5.91 Å². The molecule has 33 heavy (non-hydrogen) atoms. The molecule has 2 rings (SSSR count). The van der Waals surface area contributed by atoms with Crippen molar-refractivity contribution in [3.63, 3.8) is 0 Å². The Hall–Kier alpha value is -2.18. The van der Waals surface area contributed by atoms with Gasteiger partial charge in [-0.2, -0.15) is 0 Å². The van der Waals surface area contributed by atoms with E-state index in [1.54, 1.807) is 13.0 Å². The molecule has 0 heterocycles. The standard InChI is InChI=1S/C27H42FN3O2/c1-7-20(4)17-23(19-30(6)15-16-31(8-2)9-3)22-13-14-27(18-22,26(32)29-33)24-11-10-12-25(28)21(24)5/h10-12,17,19,22,33H,7-9,13-16,18H2,1-6H3,(H,29,32). The summed E-state index contributed by atoms with van der Waals surface area (Å²) in [5.74, 6) is -0.638. The molecule has 2 unspecified atom stereocenters. The lowest BCUT2D eigenvalue weighted by atomic mass is 9.75. The molecule has 1 aromatic rings. The molecule has 1 amide bonds. The average Bonchev–Trinajstić information content (AvgIpc) is 3.26. The van der Waals surface area contributed by atoms with Gasteiger partial charge in [0.15, 0.2) is 0 Å². The van der Waals surface area contributed by atoms with Crippen molar-refractivity contribution in [3.05, 3.63) is 58.6 Å². The van der Waals surface area contributed by atoms with Gasteiger partial charge in [-0.15, -0.1) is 0 Å². The van der Waals surface area contributed by atoms with E-state index in [1.165, 1.54) is 17.2 Å². The smallest absolute Gasteiger partial charge is 0.254 e. The lowest BCUT2D eigenvalue weighted by Crippen LogP contribution is -2.42. The Morgan fingerprint density at radius 1 is 1.27 bits per heavy atom. The summed E-state index contributed by atoms with van der Waals surface area (Å²) in [5.41, 5.74) is 4.55. The maximum Gasteiger partial charge on any atom is 0.254 e. The van der Waals surface area contributed by atoms with E-state index in [2.05, 4.69) is 56.8 Å². The van der Waals surface area contributed by atoms with Crippen LogP contribution in [0.2, 0.25) is 0 Å². The van der Waals surface area contributed by atoms with E-state index in [1.807, 2.05) is 11.5 Å². The molecule has 1 aliphatic rings. The van der Waals surface area contributed by atoms with Crippen molar-refractivity contribution in [2.75, 3.05) is 33.2 Å². The van der Waals surface area contributed by atoms with Crippen molar-refractivity contribution in [1.29, 1.82) is 0 Å². The number of benzene rings is 1. The minimum atomic E-state index is -0.946.